The van der Waals surface area contributed by atoms with E-state index in [4.69, 9.17) is 9.47 Å². The first-order chi connectivity index (χ1) is 11.1. The highest BCUT2D eigenvalue weighted by Crippen LogP contribution is 2.30. The molecule has 0 spiro atoms. The van der Waals surface area contributed by atoms with Gasteiger partial charge in [-0.25, -0.2) is 4.98 Å². The molecule has 0 unspecified atom stereocenters. The molecule has 1 aromatic heterocycles. The summed E-state index contributed by atoms with van der Waals surface area (Å²) in [6.07, 6.45) is 2.32. The van der Waals surface area contributed by atoms with Gasteiger partial charge in [0, 0.05) is 18.2 Å². The summed E-state index contributed by atoms with van der Waals surface area (Å²) < 4.78 is 11.1. The Morgan fingerprint density at radius 2 is 1.91 bits per heavy atom. The number of anilines is 1. The number of hydrogen-bond donors (Lipinski definition) is 1. The zero-order valence-electron chi connectivity index (χ0n) is 12.7. The van der Waals surface area contributed by atoms with Crippen molar-refractivity contribution in [3.8, 4) is 11.5 Å². The second-order valence-electron chi connectivity index (χ2n) is 5.12. The largest absolute Gasteiger partial charge is 0.490 e. The van der Waals surface area contributed by atoms with Crippen LogP contribution in [0, 0.1) is 0 Å². The van der Waals surface area contributed by atoms with Crippen molar-refractivity contribution in [3.63, 3.8) is 0 Å². The number of pyridine rings is 1. The molecule has 0 bridgehead atoms. The van der Waals surface area contributed by atoms with Crippen molar-refractivity contribution in [3.05, 3.63) is 47.7 Å². The Balaban J connectivity index is 1.84. The lowest BCUT2D eigenvalue weighted by atomic mass is 10.1. The van der Waals surface area contributed by atoms with E-state index in [9.17, 15) is 9.59 Å². The SMILES string of the molecule is CC(=O)c1cccnc1NC(=O)c1ccc2c(c1)OCCCO2. The fraction of sp³-hybridized carbons (Fsp3) is 0.235. The Morgan fingerprint density at radius 3 is 2.70 bits per heavy atom. The van der Waals surface area contributed by atoms with Crippen LogP contribution < -0.4 is 14.8 Å². The van der Waals surface area contributed by atoms with Crippen molar-refractivity contribution >= 4 is 17.5 Å². The average molecular weight is 312 g/mol. The number of carbonyl (C=O) groups is 2. The molecule has 118 valence electrons. The van der Waals surface area contributed by atoms with Gasteiger partial charge in [0.2, 0.25) is 0 Å². The monoisotopic (exact) mass is 312 g/mol. The maximum absolute atomic E-state index is 12.4. The summed E-state index contributed by atoms with van der Waals surface area (Å²) in [5, 5.41) is 2.66. The third kappa shape index (κ3) is 3.31. The van der Waals surface area contributed by atoms with Crippen LogP contribution in [0.3, 0.4) is 0 Å². The first-order valence-electron chi connectivity index (χ1n) is 7.32. The number of aromatic nitrogens is 1. The van der Waals surface area contributed by atoms with Gasteiger partial charge in [0.05, 0.1) is 18.8 Å². The van der Waals surface area contributed by atoms with Crippen molar-refractivity contribution in [1.29, 1.82) is 0 Å². The molecule has 0 aliphatic carbocycles. The number of rotatable bonds is 3. The second kappa shape index (κ2) is 6.48. The van der Waals surface area contributed by atoms with Gasteiger partial charge >= 0.3 is 0 Å². The minimum absolute atomic E-state index is 0.160. The molecule has 1 aliphatic rings. The fourth-order valence-corrected chi connectivity index (χ4v) is 2.27. The molecular weight excluding hydrogens is 296 g/mol. The minimum atomic E-state index is -0.359. The van der Waals surface area contributed by atoms with Crippen molar-refractivity contribution in [2.24, 2.45) is 0 Å². The van der Waals surface area contributed by atoms with Gasteiger partial charge in [-0.3, -0.25) is 9.59 Å². The van der Waals surface area contributed by atoms with E-state index in [-0.39, 0.29) is 17.5 Å². The van der Waals surface area contributed by atoms with Crippen LogP contribution in [0.4, 0.5) is 5.82 Å². The van der Waals surface area contributed by atoms with Crippen LogP contribution in [-0.4, -0.2) is 29.9 Å². The summed E-state index contributed by atoms with van der Waals surface area (Å²) in [6, 6.07) is 8.27. The van der Waals surface area contributed by atoms with Gasteiger partial charge < -0.3 is 14.8 Å². The first-order valence-corrected chi connectivity index (χ1v) is 7.32. The van der Waals surface area contributed by atoms with Crippen LogP contribution in [0.15, 0.2) is 36.5 Å². The normalized spacial score (nSPS) is 13.1. The van der Waals surface area contributed by atoms with Crippen molar-refractivity contribution in [2.45, 2.75) is 13.3 Å². The third-order valence-electron chi connectivity index (χ3n) is 3.43. The zero-order chi connectivity index (χ0) is 16.2. The van der Waals surface area contributed by atoms with Crippen LogP contribution in [0.25, 0.3) is 0 Å². The smallest absolute Gasteiger partial charge is 0.256 e. The van der Waals surface area contributed by atoms with Gasteiger partial charge in [-0.05, 0) is 37.3 Å². The highest BCUT2D eigenvalue weighted by molar-refractivity contribution is 6.08. The molecular formula is C17H16N2O4. The molecule has 0 saturated carbocycles. The van der Waals surface area contributed by atoms with Crippen LogP contribution >= 0.6 is 0 Å². The number of nitrogens with one attached hydrogen (secondary N) is 1. The van der Waals surface area contributed by atoms with E-state index in [1.165, 1.54) is 13.1 Å². The molecule has 3 rings (SSSR count). The molecule has 1 aliphatic heterocycles. The third-order valence-corrected chi connectivity index (χ3v) is 3.43. The fourth-order valence-electron chi connectivity index (χ4n) is 2.27. The number of hydrogen-bond acceptors (Lipinski definition) is 5. The topological polar surface area (TPSA) is 77.5 Å². The van der Waals surface area contributed by atoms with Gasteiger partial charge in [-0.1, -0.05) is 0 Å². The summed E-state index contributed by atoms with van der Waals surface area (Å²) >= 11 is 0. The molecule has 1 N–H and O–H groups in total. The van der Waals surface area contributed by atoms with E-state index in [0.717, 1.165) is 6.42 Å². The van der Waals surface area contributed by atoms with E-state index in [2.05, 4.69) is 10.3 Å². The maximum atomic E-state index is 12.4. The molecule has 6 heteroatoms. The molecule has 1 amide bonds. The number of ether oxygens (including phenoxy) is 2. The van der Waals surface area contributed by atoms with Crippen LogP contribution in [0.2, 0.25) is 0 Å². The molecule has 6 nitrogen and oxygen atoms in total. The second-order valence-corrected chi connectivity index (χ2v) is 5.12. The summed E-state index contributed by atoms with van der Waals surface area (Å²) in [5.41, 5.74) is 0.782. The van der Waals surface area contributed by atoms with E-state index in [1.54, 1.807) is 30.3 Å². The lowest BCUT2D eigenvalue weighted by molar-refractivity contribution is 0.101. The number of carbonyl (C=O) groups excluding carboxylic acids is 2. The van der Waals surface area contributed by atoms with E-state index < -0.39 is 0 Å². The van der Waals surface area contributed by atoms with Gasteiger partial charge in [-0.2, -0.15) is 0 Å². The van der Waals surface area contributed by atoms with Gasteiger partial charge in [0.1, 0.15) is 5.82 Å². The number of fused-ring (bicyclic) bond motifs is 1. The zero-order valence-corrected chi connectivity index (χ0v) is 12.7. The first kappa shape index (κ1) is 15.0. The number of amides is 1. The van der Waals surface area contributed by atoms with E-state index >= 15 is 0 Å². The lowest BCUT2D eigenvalue weighted by Crippen LogP contribution is -2.15. The van der Waals surface area contributed by atoms with Crippen molar-refractivity contribution < 1.29 is 19.1 Å². The van der Waals surface area contributed by atoms with Gasteiger partial charge in [0.15, 0.2) is 17.3 Å². The Labute approximate surface area is 133 Å². The lowest BCUT2D eigenvalue weighted by Gasteiger charge is -2.10. The number of benzene rings is 1. The van der Waals surface area contributed by atoms with E-state index in [1.807, 2.05) is 0 Å². The molecule has 0 saturated heterocycles. The number of Topliss-reactive ketones (excluding diaryl/α,β-unsaturated/α-hetero) is 1. The molecule has 0 fully saturated rings. The Morgan fingerprint density at radius 1 is 1.13 bits per heavy atom. The van der Waals surface area contributed by atoms with E-state index in [0.29, 0.717) is 35.8 Å². The number of ketones is 1. The molecule has 2 aromatic rings. The molecule has 0 atom stereocenters. The average Bonchev–Trinajstić information content (AvgIpc) is 2.79. The van der Waals surface area contributed by atoms with Crippen molar-refractivity contribution in [1.82, 2.24) is 4.98 Å². The summed E-state index contributed by atoms with van der Waals surface area (Å²) in [7, 11) is 0. The Hall–Kier alpha value is -2.89. The maximum Gasteiger partial charge on any atom is 0.256 e. The molecule has 23 heavy (non-hydrogen) atoms. The quantitative estimate of drug-likeness (QED) is 0.882. The Kier molecular flexibility index (Phi) is 4.23. The van der Waals surface area contributed by atoms with Crippen LogP contribution in [0.1, 0.15) is 34.1 Å². The van der Waals surface area contributed by atoms with Crippen LogP contribution in [0.5, 0.6) is 11.5 Å². The minimum Gasteiger partial charge on any atom is -0.490 e. The Bertz CT molecular complexity index is 758. The summed E-state index contributed by atoms with van der Waals surface area (Å²) in [4.78, 5) is 28.0. The summed E-state index contributed by atoms with van der Waals surface area (Å²) in [5.74, 6) is 0.898. The molecule has 2 heterocycles. The van der Waals surface area contributed by atoms with Crippen molar-refractivity contribution in [2.75, 3.05) is 18.5 Å². The number of nitrogens with zero attached hydrogens (tertiary/aromatic N) is 1. The molecule has 1 aromatic carbocycles. The van der Waals surface area contributed by atoms with Gasteiger partial charge in [0.25, 0.3) is 5.91 Å². The standard InChI is InChI=1S/C17H16N2O4/c1-11(20)13-4-2-7-18-16(13)19-17(21)12-5-6-14-15(10-12)23-9-3-8-22-14/h2,4-7,10H,3,8-9H2,1H3,(H,18,19,21). The summed E-state index contributed by atoms with van der Waals surface area (Å²) in [6.45, 7) is 2.57. The predicted octanol–water partition coefficient (Wildman–Crippen LogP) is 2.70. The highest BCUT2D eigenvalue weighted by atomic mass is 16.5. The van der Waals surface area contributed by atoms with Gasteiger partial charge in [-0.15, -0.1) is 0 Å². The molecule has 0 radical (unpaired) electrons. The predicted molar refractivity (Wildman–Crippen MR) is 84.2 cm³/mol. The van der Waals surface area contributed by atoms with Crippen LogP contribution in [-0.2, 0) is 0 Å². The highest BCUT2D eigenvalue weighted by Gasteiger charge is 2.16.